The van der Waals surface area contributed by atoms with E-state index in [-0.39, 0.29) is 10.8 Å². The minimum atomic E-state index is -0.0107. The van der Waals surface area contributed by atoms with Gasteiger partial charge < -0.3 is 4.74 Å². The number of ether oxygens (including phenoxy) is 1. The van der Waals surface area contributed by atoms with Crippen LogP contribution in [0.15, 0.2) is 42.5 Å². The highest BCUT2D eigenvalue weighted by Gasteiger charge is 2.23. The fourth-order valence-corrected chi connectivity index (χ4v) is 2.40. The van der Waals surface area contributed by atoms with E-state index in [1.165, 1.54) is 11.1 Å². The molecule has 0 atom stereocenters. The summed E-state index contributed by atoms with van der Waals surface area (Å²) in [5.41, 5.74) is 3.22. The first-order chi connectivity index (χ1) is 10.6. The molecule has 0 aliphatic rings. The van der Waals surface area contributed by atoms with Gasteiger partial charge in [0.2, 0.25) is 0 Å². The van der Waals surface area contributed by atoms with E-state index < -0.39 is 0 Å². The van der Waals surface area contributed by atoms with Gasteiger partial charge >= 0.3 is 0 Å². The van der Waals surface area contributed by atoms with Crippen molar-refractivity contribution < 1.29 is 4.74 Å². The van der Waals surface area contributed by atoms with Gasteiger partial charge in [0.25, 0.3) is 0 Å². The topological polar surface area (TPSA) is 33.0 Å². The molecule has 2 heteroatoms. The Morgan fingerprint density at radius 3 is 1.91 bits per heavy atom. The molecule has 0 fully saturated rings. The van der Waals surface area contributed by atoms with Crippen LogP contribution in [0.2, 0.25) is 0 Å². The van der Waals surface area contributed by atoms with Gasteiger partial charge in [-0.3, -0.25) is 0 Å². The van der Waals surface area contributed by atoms with Gasteiger partial charge in [-0.1, -0.05) is 53.7 Å². The summed E-state index contributed by atoms with van der Waals surface area (Å²) in [7, 11) is 0. The van der Waals surface area contributed by atoms with E-state index in [1.807, 2.05) is 12.1 Å². The standard InChI is InChI=1S/C21H25NO/c1-20(2,3)16-9-12-19(18(13-16)21(4,5)6)23-17-10-7-15(14-22)8-11-17/h7-13H,1-6H3. The first-order valence-electron chi connectivity index (χ1n) is 7.94. The number of benzene rings is 2. The maximum absolute atomic E-state index is 8.88. The van der Waals surface area contributed by atoms with Crippen LogP contribution in [0.3, 0.4) is 0 Å². The second-order valence-electron chi connectivity index (χ2n) is 7.95. The lowest BCUT2D eigenvalue weighted by Crippen LogP contribution is -2.17. The minimum Gasteiger partial charge on any atom is -0.457 e. The highest BCUT2D eigenvalue weighted by Crippen LogP contribution is 2.37. The summed E-state index contributed by atoms with van der Waals surface area (Å²) in [4.78, 5) is 0. The molecule has 0 aliphatic heterocycles. The number of hydrogen-bond acceptors (Lipinski definition) is 2. The molecule has 0 saturated carbocycles. The molecule has 2 nitrogen and oxygen atoms in total. The molecule has 0 spiro atoms. The van der Waals surface area contributed by atoms with Crippen LogP contribution in [-0.2, 0) is 10.8 Å². The van der Waals surface area contributed by atoms with Crippen molar-refractivity contribution in [3.63, 3.8) is 0 Å². The summed E-state index contributed by atoms with van der Waals surface area (Å²) < 4.78 is 6.09. The van der Waals surface area contributed by atoms with Crippen LogP contribution in [0.4, 0.5) is 0 Å². The van der Waals surface area contributed by atoms with E-state index in [0.717, 1.165) is 11.5 Å². The lowest BCUT2D eigenvalue weighted by Gasteiger charge is -2.27. The van der Waals surface area contributed by atoms with Crippen LogP contribution in [-0.4, -0.2) is 0 Å². The first kappa shape index (κ1) is 17.1. The predicted molar refractivity (Wildman–Crippen MR) is 95.1 cm³/mol. The third-order valence-electron chi connectivity index (χ3n) is 3.86. The summed E-state index contributed by atoms with van der Waals surface area (Å²) in [5, 5.41) is 8.88. The van der Waals surface area contributed by atoms with Gasteiger partial charge in [0.05, 0.1) is 11.6 Å². The van der Waals surface area contributed by atoms with Crippen molar-refractivity contribution in [2.75, 3.05) is 0 Å². The Hall–Kier alpha value is -2.27. The van der Waals surface area contributed by atoms with Crippen molar-refractivity contribution in [3.8, 4) is 17.6 Å². The molecule has 0 saturated heterocycles. The van der Waals surface area contributed by atoms with Gasteiger partial charge in [0.15, 0.2) is 0 Å². The summed E-state index contributed by atoms with van der Waals surface area (Å²) in [6.07, 6.45) is 0. The van der Waals surface area contributed by atoms with Crippen molar-refractivity contribution in [1.82, 2.24) is 0 Å². The zero-order chi connectivity index (χ0) is 17.3. The van der Waals surface area contributed by atoms with Gasteiger partial charge in [-0.05, 0) is 46.7 Å². The van der Waals surface area contributed by atoms with Gasteiger partial charge in [-0.2, -0.15) is 5.26 Å². The van der Waals surface area contributed by atoms with Crippen molar-refractivity contribution in [2.45, 2.75) is 52.4 Å². The molecule has 0 heterocycles. The van der Waals surface area contributed by atoms with Gasteiger partial charge in [0.1, 0.15) is 11.5 Å². The summed E-state index contributed by atoms with van der Waals surface area (Å²) >= 11 is 0. The molecule has 2 aromatic rings. The molecule has 2 rings (SSSR count). The molecule has 2 aromatic carbocycles. The maximum atomic E-state index is 8.88. The molecule has 23 heavy (non-hydrogen) atoms. The summed E-state index contributed by atoms with van der Waals surface area (Å²) in [5.74, 6) is 1.62. The van der Waals surface area contributed by atoms with Crippen molar-refractivity contribution in [2.24, 2.45) is 0 Å². The zero-order valence-corrected chi connectivity index (χ0v) is 14.9. The van der Waals surface area contributed by atoms with Crippen LogP contribution in [0.25, 0.3) is 0 Å². The fraction of sp³-hybridized carbons (Fsp3) is 0.381. The maximum Gasteiger partial charge on any atom is 0.131 e. The molecule has 0 radical (unpaired) electrons. The quantitative estimate of drug-likeness (QED) is 0.687. The number of nitriles is 1. The zero-order valence-electron chi connectivity index (χ0n) is 14.9. The van der Waals surface area contributed by atoms with Crippen molar-refractivity contribution >= 4 is 0 Å². The Morgan fingerprint density at radius 2 is 1.43 bits per heavy atom. The number of nitrogens with zero attached hydrogens (tertiary/aromatic N) is 1. The third-order valence-corrected chi connectivity index (χ3v) is 3.86. The third kappa shape index (κ3) is 4.13. The van der Waals surface area contributed by atoms with Crippen LogP contribution >= 0.6 is 0 Å². The molecular weight excluding hydrogens is 282 g/mol. The average molecular weight is 307 g/mol. The van der Waals surface area contributed by atoms with E-state index in [2.05, 4.69) is 65.8 Å². The monoisotopic (exact) mass is 307 g/mol. The average Bonchev–Trinajstić information content (AvgIpc) is 2.46. The smallest absolute Gasteiger partial charge is 0.131 e. The number of rotatable bonds is 2. The molecule has 0 N–H and O–H groups in total. The Labute approximate surface area is 139 Å². The minimum absolute atomic E-state index is 0.0107. The second-order valence-corrected chi connectivity index (χ2v) is 7.95. The van der Waals surface area contributed by atoms with Crippen LogP contribution in [0.5, 0.6) is 11.5 Å². The Kier molecular flexibility index (Phi) is 4.52. The lowest BCUT2D eigenvalue weighted by atomic mass is 9.80. The van der Waals surface area contributed by atoms with Crippen molar-refractivity contribution in [1.29, 1.82) is 5.26 Å². The van der Waals surface area contributed by atoms with E-state index in [1.54, 1.807) is 12.1 Å². The highest BCUT2D eigenvalue weighted by molar-refractivity contribution is 5.46. The second kappa shape index (κ2) is 6.08. The van der Waals surface area contributed by atoms with E-state index in [0.29, 0.717) is 5.56 Å². The Balaban J connectivity index is 2.43. The summed E-state index contributed by atoms with van der Waals surface area (Å²) in [6, 6.07) is 15.8. The fourth-order valence-electron chi connectivity index (χ4n) is 2.40. The Bertz CT molecular complexity index is 722. The van der Waals surface area contributed by atoms with E-state index in [9.17, 15) is 0 Å². The number of hydrogen-bond donors (Lipinski definition) is 0. The largest absolute Gasteiger partial charge is 0.457 e. The van der Waals surface area contributed by atoms with Gasteiger partial charge in [-0.25, -0.2) is 0 Å². The van der Waals surface area contributed by atoms with Gasteiger partial charge in [-0.15, -0.1) is 0 Å². The van der Waals surface area contributed by atoms with Gasteiger partial charge in [0, 0.05) is 5.56 Å². The predicted octanol–water partition coefficient (Wildman–Crippen LogP) is 5.95. The molecule has 120 valence electrons. The highest BCUT2D eigenvalue weighted by atomic mass is 16.5. The van der Waals surface area contributed by atoms with Crippen molar-refractivity contribution in [3.05, 3.63) is 59.2 Å². The normalized spacial score (nSPS) is 11.9. The first-order valence-corrected chi connectivity index (χ1v) is 7.94. The molecule has 0 aromatic heterocycles. The van der Waals surface area contributed by atoms with Crippen LogP contribution in [0.1, 0.15) is 58.2 Å². The Morgan fingerprint density at radius 1 is 0.826 bits per heavy atom. The summed E-state index contributed by atoms with van der Waals surface area (Å²) in [6.45, 7) is 13.2. The molecule has 0 bridgehead atoms. The van der Waals surface area contributed by atoms with Crippen LogP contribution < -0.4 is 4.74 Å². The lowest BCUT2D eigenvalue weighted by molar-refractivity contribution is 0.453. The molecule has 0 amide bonds. The SMILES string of the molecule is CC(C)(C)c1ccc(Oc2ccc(C#N)cc2)c(C(C)(C)C)c1. The molecule has 0 aliphatic carbocycles. The molecular formula is C21H25NO. The molecule has 0 unspecified atom stereocenters. The van der Waals surface area contributed by atoms with E-state index in [4.69, 9.17) is 10.00 Å². The van der Waals surface area contributed by atoms with Crippen LogP contribution in [0, 0.1) is 11.3 Å². The van der Waals surface area contributed by atoms with E-state index >= 15 is 0 Å².